The lowest BCUT2D eigenvalue weighted by atomic mass is 10.2. The van der Waals surface area contributed by atoms with E-state index in [4.69, 9.17) is 21.1 Å². The molecule has 0 saturated carbocycles. The van der Waals surface area contributed by atoms with Gasteiger partial charge in [0.25, 0.3) is 5.91 Å². The Bertz CT molecular complexity index is 965. The number of hydrogen-bond acceptors (Lipinski definition) is 6. The summed E-state index contributed by atoms with van der Waals surface area (Å²) >= 11 is 5.49. The van der Waals surface area contributed by atoms with Crippen molar-refractivity contribution in [3.63, 3.8) is 0 Å². The van der Waals surface area contributed by atoms with E-state index in [1.165, 1.54) is 19.2 Å². The van der Waals surface area contributed by atoms with Crippen molar-refractivity contribution in [2.45, 2.75) is 6.18 Å². The number of benzene rings is 2. The van der Waals surface area contributed by atoms with Gasteiger partial charge >= 0.3 is 17.8 Å². The number of ether oxygens (including phenoxy) is 2. The van der Waals surface area contributed by atoms with Crippen LogP contribution in [0.25, 0.3) is 0 Å². The van der Waals surface area contributed by atoms with Gasteiger partial charge in [-0.15, -0.1) is 0 Å². The van der Waals surface area contributed by atoms with E-state index in [9.17, 15) is 32.9 Å². The maximum Gasteiger partial charge on any atom is 0.417 e. The van der Waals surface area contributed by atoms with Crippen LogP contribution < -0.4 is 10.1 Å². The van der Waals surface area contributed by atoms with E-state index in [-0.39, 0.29) is 17.0 Å². The third kappa shape index (κ3) is 5.57. The number of nitrogens with zero attached hydrogens (tertiary/aromatic N) is 1. The maximum atomic E-state index is 12.8. The van der Waals surface area contributed by atoms with E-state index >= 15 is 0 Å². The van der Waals surface area contributed by atoms with Crippen LogP contribution in [0, 0.1) is 10.1 Å². The fourth-order valence-electron chi connectivity index (χ4n) is 2.19. The van der Waals surface area contributed by atoms with Gasteiger partial charge in [0, 0.05) is 11.8 Å². The minimum absolute atomic E-state index is 0.0764. The number of esters is 1. The average molecular weight is 433 g/mol. The predicted octanol–water partition coefficient (Wildman–Crippen LogP) is 4.07. The Kier molecular flexibility index (Phi) is 6.64. The van der Waals surface area contributed by atoms with Gasteiger partial charge in [-0.05, 0) is 30.3 Å². The number of hydrogen-bond donors (Lipinski definition) is 1. The van der Waals surface area contributed by atoms with Gasteiger partial charge < -0.3 is 14.8 Å². The van der Waals surface area contributed by atoms with E-state index in [0.717, 1.165) is 18.2 Å². The highest BCUT2D eigenvalue weighted by molar-refractivity contribution is 6.31. The van der Waals surface area contributed by atoms with Gasteiger partial charge in [-0.1, -0.05) is 11.6 Å². The molecule has 0 unspecified atom stereocenters. The lowest BCUT2D eigenvalue weighted by molar-refractivity contribution is -0.385. The summed E-state index contributed by atoms with van der Waals surface area (Å²) in [5.74, 6) is -2.04. The molecule has 12 heteroatoms. The Morgan fingerprint density at radius 2 is 1.90 bits per heavy atom. The number of rotatable bonds is 6. The Morgan fingerprint density at radius 1 is 1.21 bits per heavy atom. The molecule has 29 heavy (non-hydrogen) atoms. The second-order valence-corrected chi connectivity index (χ2v) is 5.87. The van der Waals surface area contributed by atoms with Crippen molar-refractivity contribution in [1.29, 1.82) is 0 Å². The smallest absolute Gasteiger partial charge is 0.417 e. The number of nitrogens with one attached hydrogen (secondary N) is 1. The highest BCUT2D eigenvalue weighted by Crippen LogP contribution is 2.36. The molecule has 2 aromatic carbocycles. The number of methoxy groups -OCH3 is 1. The molecule has 8 nitrogen and oxygen atoms in total. The molecule has 2 rings (SSSR count). The largest absolute Gasteiger partial charge is 0.490 e. The van der Waals surface area contributed by atoms with Crippen LogP contribution in [0.2, 0.25) is 5.02 Å². The number of halogens is 4. The summed E-state index contributed by atoms with van der Waals surface area (Å²) in [5.41, 5.74) is -2.04. The van der Waals surface area contributed by atoms with Crippen LogP contribution >= 0.6 is 11.6 Å². The third-order valence-corrected chi connectivity index (χ3v) is 3.83. The summed E-state index contributed by atoms with van der Waals surface area (Å²) in [6.07, 6.45) is -4.71. The van der Waals surface area contributed by atoms with E-state index in [1.807, 2.05) is 0 Å². The minimum Gasteiger partial charge on any atom is -0.490 e. The number of carbonyl (C=O) groups is 2. The minimum atomic E-state index is -4.71. The van der Waals surface area contributed by atoms with Crippen molar-refractivity contribution < 1.29 is 37.2 Å². The van der Waals surface area contributed by atoms with Crippen LogP contribution in [0.3, 0.4) is 0 Å². The Labute approximate surface area is 166 Å². The van der Waals surface area contributed by atoms with E-state index in [0.29, 0.717) is 6.07 Å². The Balaban J connectivity index is 2.04. The first kappa shape index (κ1) is 22.0. The molecule has 0 aromatic heterocycles. The van der Waals surface area contributed by atoms with Gasteiger partial charge in [0.15, 0.2) is 12.4 Å². The molecule has 0 fully saturated rings. The monoisotopic (exact) mass is 432 g/mol. The molecule has 0 aliphatic heterocycles. The van der Waals surface area contributed by atoms with Crippen LogP contribution in [0.15, 0.2) is 36.4 Å². The summed E-state index contributed by atoms with van der Waals surface area (Å²) in [6.45, 7) is -0.831. The van der Waals surface area contributed by atoms with Crippen molar-refractivity contribution in [1.82, 2.24) is 0 Å². The third-order valence-electron chi connectivity index (χ3n) is 3.50. The summed E-state index contributed by atoms with van der Waals surface area (Å²) in [5, 5.41) is 12.6. The topological polar surface area (TPSA) is 108 Å². The zero-order valence-corrected chi connectivity index (χ0v) is 15.3. The first-order chi connectivity index (χ1) is 13.5. The first-order valence-electron chi connectivity index (χ1n) is 7.69. The highest BCUT2D eigenvalue weighted by atomic mass is 35.5. The van der Waals surface area contributed by atoms with Gasteiger partial charge in [0.1, 0.15) is 0 Å². The number of anilines is 1. The molecule has 1 N–H and O–H groups in total. The number of nitro groups is 1. The van der Waals surface area contributed by atoms with Crippen molar-refractivity contribution in [2.75, 3.05) is 19.0 Å². The zero-order valence-electron chi connectivity index (χ0n) is 14.6. The number of amides is 1. The Hall–Kier alpha value is -3.34. The number of alkyl halides is 3. The molecule has 0 atom stereocenters. The van der Waals surface area contributed by atoms with E-state index in [2.05, 4.69) is 5.32 Å². The van der Waals surface area contributed by atoms with Crippen LogP contribution in [0.1, 0.15) is 15.9 Å². The average Bonchev–Trinajstić information content (AvgIpc) is 2.66. The maximum absolute atomic E-state index is 12.8. The van der Waals surface area contributed by atoms with Crippen molar-refractivity contribution in [3.05, 3.63) is 62.7 Å². The molecule has 0 bridgehead atoms. The van der Waals surface area contributed by atoms with Crippen LogP contribution in [0.4, 0.5) is 24.5 Å². The lowest BCUT2D eigenvalue weighted by Crippen LogP contribution is -2.21. The molecule has 0 aliphatic carbocycles. The number of carbonyl (C=O) groups excluding carboxylic acids is 2. The molecular formula is C17H12ClF3N2O6. The molecular weight excluding hydrogens is 421 g/mol. The molecule has 0 radical (unpaired) electrons. The van der Waals surface area contributed by atoms with Crippen LogP contribution in [0.5, 0.6) is 5.75 Å². The standard InChI is InChI=1S/C17H12ClF3N2O6/c1-28-14-5-2-9(6-13(14)23(26)27)16(25)29-8-15(24)22-10-3-4-12(18)11(7-10)17(19,20)21/h2-7H,8H2,1H3,(H,22,24). The molecule has 2 aromatic rings. The van der Waals surface area contributed by atoms with Crippen LogP contribution in [-0.2, 0) is 15.7 Å². The quantitative estimate of drug-likeness (QED) is 0.419. The summed E-state index contributed by atoms with van der Waals surface area (Å²) in [6, 6.07) is 6.03. The van der Waals surface area contributed by atoms with E-state index < -0.39 is 45.9 Å². The van der Waals surface area contributed by atoms with Gasteiger partial charge in [0.05, 0.1) is 28.2 Å². The van der Waals surface area contributed by atoms with Crippen molar-refractivity contribution >= 4 is 34.9 Å². The molecule has 0 spiro atoms. The molecule has 0 saturated heterocycles. The zero-order chi connectivity index (χ0) is 21.8. The first-order valence-corrected chi connectivity index (χ1v) is 8.07. The van der Waals surface area contributed by atoms with Gasteiger partial charge in [-0.25, -0.2) is 4.79 Å². The SMILES string of the molecule is COc1ccc(C(=O)OCC(=O)Nc2ccc(Cl)c(C(F)(F)F)c2)cc1[N+](=O)[O-]. The van der Waals surface area contributed by atoms with E-state index in [1.54, 1.807) is 0 Å². The summed E-state index contributed by atoms with van der Waals surface area (Å²) in [4.78, 5) is 34.0. The highest BCUT2D eigenvalue weighted by Gasteiger charge is 2.33. The molecule has 0 heterocycles. The van der Waals surface area contributed by atoms with Gasteiger partial charge in [-0.3, -0.25) is 14.9 Å². The summed E-state index contributed by atoms with van der Waals surface area (Å²) < 4.78 is 48.0. The summed E-state index contributed by atoms with van der Waals surface area (Å²) in [7, 11) is 1.21. The molecule has 1 amide bonds. The predicted molar refractivity (Wildman–Crippen MR) is 95.0 cm³/mol. The van der Waals surface area contributed by atoms with Crippen LogP contribution in [-0.4, -0.2) is 30.5 Å². The normalized spacial score (nSPS) is 10.9. The molecule has 0 aliphatic rings. The molecule has 154 valence electrons. The lowest BCUT2D eigenvalue weighted by Gasteiger charge is -2.12. The second-order valence-electron chi connectivity index (χ2n) is 5.46. The number of nitro benzene ring substituents is 1. The Morgan fingerprint density at radius 3 is 2.48 bits per heavy atom. The second kappa shape index (κ2) is 8.78. The van der Waals surface area contributed by atoms with Gasteiger partial charge in [0.2, 0.25) is 0 Å². The van der Waals surface area contributed by atoms with Crippen molar-refractivity contribution in [2.24, 2.45) is 0 Å². The van der Waals surface area contributed by atoms with Gasteiger partial charge in [-0.2, -0.15) is 13.2 Å². The fraction of sp³-hybridized carbons (Fsp3) is 0.176. The van der Waals surface area contributed by atoms with Crippen molar-refractivity contribution in [3.8, 4) is 5.75 Å². The fourth-order valence-corrected chi connectivity index (χ4v) is 2.42.